The maximum atomic E-state index is 12.6. The zero-order valence-corrected chi connectivity index (χ0v) is 16.8. The third-order valence-electron chi connectivity index (χ3n) is 5.09. The Morgan fingerprint density at radius 3 is 2.93 bits per heavy atom. The molecule has 2 heterocycles. The van der Waals surface area contributed by atoms with Crippen LogP contribution in [0.15, 0.2) is 28.8 Å². The normalized spacial score (nSPS) is 17.9. The molecule has 0 bridgehead atoms. The number of carbonyl (C=O) groups excluding carboxylic acids is 1. The summed E-state index contributed by atoms with van der Waals surface area (Å²) in [6.07, 6.45) is 5.22. The summed E-state index contributed by atoms with van der Waals surface area (Å²) >= 11 is 6.17. The molecule has 1 aliphatic heterocycles. The number of nitrogens with zero attached hydrogens (tertiary/aromatic N) is 4. The second-order valence-corrected chi connectivity index (χ2v) is 7.71. The largest absolute Gasteiger partial charge is 0.341 e. The van der Waals surface area contributed by atoms with E-state index in [2.05, 4.69) is 29.1 Å². The van der Waals surface area contributed by atoms with E-state index in [1.165, 1.54) is 6.42 Å². The second-order valence-electron chi connectivity index (χ2n) is 7.30. The SMILES string of the molecule is CN(C)C1CCCCN(C(=O)CCCc2nc(-c3ccccc3Cl)no2)C1. The third kappa shape index (κ3) is 5.30. The summed E-state index contributed by atoms with van der Waals surface area (Å²) in [6.45, 7) is 1.68. The number of carbonyl (C=O) groups is 1. The van der Waals surface area contributed by atoms with Crippen molar-refractivity contribution < 1.29 is 9.32 Å². The van der Waals surface area contributed by atoms with Crippen LogP contribution in [-0.4, -0.2) is 59.1 Å². The number of hydrogen-bond acceptors (Lipinski definition) is 5. The Hall–Kier alpha value is -1.92. The van der Waals surface area contributed by atoms with Gasteiger partial charge in [0.2, 0.25) is 17.6 Å². The van der Waals surface area contributed by atoms with Crippen molar-refractivity contribution in [2.45, 2.75) is 44.6 Å². The summed E-state index contributed by atoms with van der Waals surface area (Å²) in [6, 6.07) is 7.86. The van der Waals surface area contributed by atoms with Crippen LogP contribution in [0.3, 0.4) is 0 Å². The van der Waals surface area contributed by atoms with Crippen LogP contribution < -0.4 is 0 Å². The van der Waals surface area contributed by atoms with E-state index in [1.54, 1.807) is 6.07 Å². The van der Waals surface area contributed by atoms with Gasteiger partial charge in [0.1, 0.15) is 0 Å². The van der Waals surface area contributed by atoms with Gasteiger partial charge in [0.25, 0.3) is 0 Å². The minimum absolute atomic E-state index is 0.217. The van der Waals surface area contributed by atoms with Crippen molar-refractivity contribution in [1.82, 2.24) is 19.9 Å². The zero-order chi connectivity index (χ0) is 19.2. The molecule has 27 heavy (non-hydrogen) atoms. The monoisotopic (exact) mass is 390 g/mol. The third-order valence-corrected chi connectivity index (χ3v) is 5.42. The molecule has 1 aromatic carbocycles. The molecule has 0 spiro atoms. The van der Waals surface area contributed by atoms with Crippen molar-refractivity contribution in [3.8, 4) is 11.4 Å². The molecule has 1 aliphatic rings. The first-order valence-electron chi connectivity index (χ1n) is 9.56. The molecule has 1 atom stereocenters. The molecule has 0 radical (unpaired) electrons. The van der Waals surface area contributed by atoms with Gasteiger partial charge in [-0.15, -0.1) is 0 Å². The van der Waals surface area contributed by atoms with Gasteiger partial charge in [0.05, 0.1) is 5.02 Å². The Balaban J connectivity index is 1.51. The van der Waals surface area contributed by atoms with Crippen LogP contribution >= 0.6 is 11.6 Å². The first kappa shape index (κ1) is 19.8. The van der Waals surface area contributed by atoms with Crippen molar-refractivity contribution >= 4 is 17.5 Å². The molecular formula is C20H27ClN4O2. The van der Waals surface area contributed by atoms with Gasteiger partial charge < -0.3 is 14.3 Å². The van der Waals surface area contributed by atoms with E-state index >= 15 is 0 Å². The summed E-state index contributed by atoms with van der Waals surface area (Å²) in [7, 11) is 4.18. The number of benzene rings is 1. The zero-order valence-electron chi connectivity index (χ0n) is 16.0. The summed E-state index contributed by atoms with van der Waals surface area (Å²) < 4.78 is 5.32. The Labute approximate surface area is 165 Å². The van der Waals surface area contributed by atoms with Crippen LogP contribution in [0.4, 0.5) is 0 Å². The highest BCUT2D eigenvalue weighted by Crippen LogP contribution is 2.25. The van der Waals surface area contributed by atoms with Crippen LogP contribution in [0.25, 0.3) is 11.4 Å². The lowest BCUT2D eigenvalue weighted by molar-refractivity contribution is -0.131. The van der Waals surface area contributed by atoms with E-state index in [4.69, 9.17) is 16.1 Å². The van der Waals surface area contributed by atoms with E-state index in [0.29, 0.717) is 42.0 Å². The van der Waals surface area contributed by atoms with Gasteiger partial charge >= 0.3 is 0 Å². The van der Waals surface area contributed by atoms with Crippen LogP contribution in [0, 0.1) is 0 Å². The highest BCUT2D eigenvalue weighted by atomic mass is 35.5. The Kier molecular flexibility index (Phi) is 6.85. The van der Waals surface area contributed by atoms with Gasteiger partial charge in [-0.3, -0.25) is 4.79 Å². The van der Waals surface area contributed by atoms with E-state index in [9.17, 15) is 4.79 Å². The lowest BCUT2D eigenvalue weighted by Gasteiger charge is -2.28. The van der Waals surface area contributed by atoms with Crippen molar-refractivity contribution in [1.29, 1.82) is 0 Å². The number of rotatable bonds is 6. The van der Waals surface area contributed by atoms with Crippen molar-refractivity contribution in [2.75, 3.05) is 27.2 Å². The quantitative estimate of drug-likeness (QED) is 0.753. The molecule has 0 N–H and O–H groups in total. The average molecular weight is 391 g/mol. The maximum absolute atomic E-state index is 12.6. The predicted octanol–water partition coefficient (Wildman–Crippen LogP) is 3.66. The van der Waals surface area contributed by atoms with Crippen molar-refractivity contribution in [3.05, 3.63) is 35.2 Å². The smallest absolute Gasteiger partial charge is 0.226 e. The Bertz CT molecular complexity index is 762. The summed E-state index contributed by atoms with van der Waals surface area (Å²) in [5, 5.41) is 4.60. The Morgan fingerprint density at radius 1 is 1.33 bits per heavy atom. The number of aryl methyl sites for hydroxylation is 1. The van der Waals surface area contributed by atoms with Crippen LogP contribution in [0.5, 0.6) is 0 Å². The standard InChI is InChI=1S/C20H27ClN4O2/c1-24(2)15-8-5-6-13-25(14-15)19(26)12-7-11-18-22-20(23-27-18)16-9-3-4-10-17(16)21/h3-4,9-10,15H,5-8,11-14H2,1-2H3. The fourth-order valence-corrected chi connectivity index (χ4v) is 3.65. The molecule has 146 valence electrons. The number of hydrogen-bond donors (Lipinski definition) is 0. The van der Waals surface area contributed by atoms with E-state index in [1.807, 2.05) is 23.1 Å². The lowest BCUT2D eigenvalue weighted by atomic mass is 10.1. The van der Waals surface area contributed by atoms with Gasteiger partial charge in [-0.05, 0) is 45.5 Å². The molecule has 7 heteroatoms. The van der Waals surface area contributed by atoms with Crippen molar-refractivity contribution in [2.24, 2.45) is 0 Å². The topological polar surface area (TPSA) is 62.5 Å². The molecule has 0 saturated carbocycles. The number of aromatic nitrogens is 2. The lowest BCUT2D eigenvalue weighted by Crippen LogP contribution is -2.41. The van der Waals surface area contributed by atoms with Crippen LogP contribution in [-0.2, 0) is 11.2 Å². The van der Waals surface area contributed by atoms with E-state index in [-0.39, 0.29) is 5.91 Å². The fraction of sp³-hybridized carbons (Fsp3) is 0.550. The molecular weight excluding hydrogens is 364 g/mol. The molecule has 3 rings (SSSR count). The molecule has 1 amide bonds. The highest BCUT2D eigenvalue weighted by molar-refractivity contribution is 6.33. The molecule has 1 aromatic heterocycles. The minimum Gasteiger partial charge on any atom is -0.341 e. The van der Waals surface area contributed by atoms with Crippen molar-refractivity contribution in [3.63, 3.8) is 0 Å². The number of amides is 1. The first-order chi connectivity index (χ1) is 13.0. The predicted molar refractivity (Wildman–Crippen MR) is 106 cm³/mol. The van der Waals surface area contributed by atoms with Crippen LogP contribution in [0.1, 0.15) is 38.0 Å². The fourth-order valence-electron chi connectivity index (χ4n) is 3.42. The molecule has 1 unspecified atom stereocenters. The summed E-state index contributed by atoms with van der Waals surface area (Å²) in [4.78, 5) is 21.2. The average Bonchev–Trinajstić information content (AvgIpc) is 2.96. The van der Waals surface area contributed by atoms with Gasteiger partial charge in [0, 0.05) is 37.5 Å². The molecule has 0 aliphatic carbocycles. The summed E-state index contributed by atoms with van der Waals surface area (Å²) in [5.41, 5.74) is 0.754. The first-order valence-corrected chi connectivity index (χ1v) is 9.94. The Morgan fingerprint density at radius 2 is 2.15 bits per heavy atom. The maximum Gasteiger partial charge on any atom is 0.226 e. The van der Waals surface area contributed by atoms with Gasteiger partial charge in [0.15, 0.2) is 0 Å². The molecule has 1 fully saturated rings. The van der Waals surface area contributed by atoms with Gasteiger partial charge in [-0.2, -0.15) is 4.98 Å². The van der Waals surface area contributed by atoms with E-state index in [0.717, 1.165) is 31.5 Å². The molecule has 2 aromatic rings. The molecule has 1 saturated heterocycles. The minimum atomic E-state index is 0.217. The number of likely N-dealkylation sites (tertiary alicyclic amines) is 1. The summed E-state index contributed by atoms with van der Waals surface area (Å²) in [5.74, 6) is 1.25. The number of halogens is 1. The van der Waals surface area contributed by atoms with Gasteiger partial charge in [-0.25, -0.2) is 0 Å². The van der Waals surface area contributed by atoms with E-state index < -0.39 is 0 Å². The highest BCUT2D eigenvalue weighted by Gasteiger charge is 2.23. The number of likely N-dealkylation sites (N-methyl/N-ethyl adjacent to an activating group) is 1. The second kappa shape index (κ2) is 9.33. The molecule has 6 nitrogen and oxygen atoms in total. The van der Waals surface area contributed by atoms with Gasteiger partial charge in [-0.1, -0.05) is 35.3 Å². The van der Waals surface area contributed by atoms with Crippen LogP contribution in [0.2, 0.25) is 5.02 Å².